The van der Waals surface area contributed by atoms with Crippen molar-refractivity contribution in [3.05, 3.63) is 100 Å². The Kier molecular flexibility index (Phi) is 6.11. The molecular weight excluding hydrogens is 480 g/mol. The van der Waals surface area contributed by atoms with Gasteiger partial charge < -0.3 is 0 Å². The lowest BCUT2D eigenvalue weighted by Gasteiger charge is -2.23. The molecule has 0 fully saturated rings. The number of benzene rings is 3. The minimum absolute atomic E-state index is 0.0104. The van der Waals surface area contributed by atoms with Crippen molar-refractivity contribution in [2.24, 2.45) is 5.10 Å². The van der Waals surface area contributed by atoms with Gasteiger partial charge in [0.15, 0.2) is 0 Å². The Hall–Kier alpha value is -3.77. The van der Waals surface area contributed by atoms with Crippen molar-refractivity contribution in [1.29, 1.82) is 0 Å². The van der Waals surface area contributed by atoms with Crippen LogP contribution in [0.5, 0.6) is 0 Å². The molecule has 1 heterocycles. The Bertz CT molecular complexity index is 1470. The van der Waals surface area contributed by atoms with E-state index in [9.17, 15) is 26.9 Å². The van der Waals surface area contributed by atoms with E-state index in [1.165, 1.54) is 42.5 Å². The third kappa shape index (κ3) is 4.77. The van der Waals surface area contributed by atoms with Crippen molar-refractivity contribution in [3.8, 4) is 0 Å². The molecule has 12 heteroatoms. The van der Waals surface area contributed by atoms with E-state index >= 15 is 0 Å². The molecule has 0 spiro atoms. The molecule has 0 amide bonds. The second-order valence-electron chi connectivity index (χ2n) is 7.62. The fraction of sp³-hybridized carbons (Fsp3) is 0.136. The summed E-state index contributed by atoms with van der Waals surface area (Å²) in [5.74, 6) is 0. The van der Waals surface area contributed by atoms with Gasteiger partial charge >= 0.3 is 0 Å². The molecular formula is C22H20N4O6S2. The van der Waals surface area contributed by atoms with Gasteiger partial charge in [-0.05, 0) is 35.9 Å². The van der Waals surface area contributed by atoms with Gasteiger partial charge in [-0.25, -0.2) is 8.42 Å². The van der Waals surface area contributed by atoms with Crippen LogP contribution in [0, 0.1) is 10.1 Å². The zero-order valence-electron chi connectivity index (χ0n) is 17.9. The molecule has 0 aliphatic carbocycles. The van der Waals surface area contributed by atoms with Crippen molar-refractivity contribution in [3.63, 3.8) is 0 Å². The smallest absolute Gasteiger partial charge is 0.279 e. The molecule has 0 aromatic heterocycles. The Morgan fingerprint density at radius 1 is 0.941 bits per heavy atom. The molecule has 1 N–H and O–H groups in total. The minimum Gasteiger partial charge on any atom is -0.284 e. The van der Waals surface area contributed by atoms with Gasteiger partial charge in [0.1, 0.15) is 6.04 Å². The first kappa shape index (κ1) is 23.4. The third-order valence-corrected chi connectivity index (χ3v) is 7.48. The molecule has 1 unspecified atom stereocenters. The van der Waals surface area contributed by atoms with Gasteiger partial charge in [-0.3, -0.25) is 14.8 Å². The maximum atomic E-state index is 13.5. The van der Waals surface area contributed by atoms with Crippen molar-refractivity contribution >= 4 is 37.1 Å². The van der Waals surface area contributed by atoms with Crippen molar-refractivity contribution in [1.82, 2.24) is 4.41 Å². The summed E-state index contributed by atoms with van der Waals surface area (Å²) < 4.78 is 53.1. The number of nitro groups is 1. The average molecular weight is 501 g/mol. The fourth-order valence-electron chi connectivity index (χ4n) is 3.70. The van der Waals surface area contributed by atoms with Crippen LogP contribution in [0.1, 0.15) is 23.6 Å². The highest BCUT2D eigenvalue weighted by Gasteiger charge is 2.40. The van der Waals surface area contributed by atoms with Crippen molar-refractivity contribution in [2.45, 2.75) is 17.4 Å². The molecule has 0 saturated carbocycles. The number of sulfonamides is 2. The molecule has 0 radical (unpaired) electrons. The van der Waals surface area contributed by atoms with Crippen LogP contribution in [0.2, 0.25) is 0 Å². The molecule has 0 saturated heterocycles. The summed E-state index contributed by atoms with van der Waals surface area (Å²) in [6, 6.07) is 19.1. The van der Waals surface area contributed by atoms with E-state index in [0.29, 0.717) is 17.0 Å². The number of rotatable bonds is 7. The van der Waals surface area contributed by atoms with Crippen LogP contribution in [0.15, 0.2) is 88.9 Å². The zero-order valence-corrected chi connectivity index (χ0v) is 19.5. The van der Waals surface area contributed by atoms with Crippen molar-refractivity contribution in [2.75, 3.05) is 11.0 Å². The van der Waals surface area contributed by atoms with E-state index in [4.69, 9.17) is 0 Å². The highest BCUT2D eigenvalue weighted by atomic mass is 32.2. The highest BCUT2D eigenvalue weighted by Crippen LogP contribution is 2.40. The maximum absolute atomic E-state index is 13.5. The normalized spacial score (nSPS) is 16.2. The number of para-hydroxylation sites is 1. The first-order valence-electron chi connectivity index (χ1n) is 10.0. The van der Waals surface area contributed by atoms with Crippen LogP contribution >= 0.6 is 0 Å². The molecule has 34 heavy (non-hydrogen) atoms. The summed E-state index contributed by atoms with van der Waals surface area (Å²) in [5.41, 5.74) is 1.32. The Morgan fingerprint density at radius 2 is 1.56 bits per heavy atom. The molecule has 3 aromatic carbocycles. The van der Waals surface area contributed by atoms with E-state index in [1.807, 2.05) is 0 Å². The monoisotopic (exact) mass is 500 g/mol. The lowest BCUT2D eigenvalue weighted by Crippen LogP contribution is -2.27. The third-order valence-electron chi connectivity index (χ3n) is 5.17. The number of hydrogen-bond donors (Lipinski definition) is 1. The predicted molar refractivity (Wildman–Crippen MR) is 127 cm³/mol. The van der Waals surface area contributed by atoms with E-state index in [0.717, 1.165) is 10.7 Å². The summed E-state index contributed by atoms with van der Waals surface area (Å²) in [4.78, 5) is 11.1. The quantitative estimate of drug-likeness (QED) is 0.389. The first-order chi connectivity index (χ1) is 16.1. The Labute approximate surface area is 196 Å². The van der Waals surface area contributed by atoms with Gasteiger partial charge in [-0.1, -0.05) is 42.5 Å². The molecule has 1 atom stereocenters. The molecule has 0 bridgehead atoms. The van der Waals surface area contributed by atoms with E-state index in [2.05, 4.69) is 9.82 Å². The summed E-state index contributed by atoms with van der Waals surface area (Å²) in [5, 5.41) is 16.0. The number of hydrogen-bond acceptors (Lipinski definition) is 7. The average Bonchev–Trinajstić information content (AvgIpc) is 3.25. The van der Waals surface area contributed by atoms with Crippen LogP contribution in [0.3, 0.4) is 0 Å². The lowest BCUT2D eigenvalue weighted by molar-refractivity contribution is -0.385. The van der Waals surface area contributed by atoms with Gasteiger partial charge in [0.05, 0.1) is 27.3 Å². The second kappa shape index (κ2) is 8.88. The topological polar surface area (TPSA) is 139 Å². The van der Waals surface area contributed by atoms with Gasteiger partial charge in [0.2, 0.25) is 10.0 Å². The van der Waals surface area contributed by atoms with Gasteiger partial charge in [-0.2, -0.15) is 17.9 Å². The largest absolute Gasteiger partial charge is 0.284 e. The number of anilines is 1. The zero-order chi connectivity index (χ0) is 24.5. The number of nitrogens with zero attached hydrogens (tertiary/aromatic N) is 3. The van der Waals surface area contributed by atoms with Gasteiger partial charge in [0.25, 0.3) is 15.7 Å². The van der Waals surface area contributed by atoms with Crippen LogP contribution in [-0.2, 0) is 20.0 Å². The first-order valence-corrected chi connectivity index (χ1v) is 13.4. The van der Waals surface area contributed by atoms with Crippen LogP contribution in [0.4, 0.5) is 11.4 Å². The SMILES string of the molecule is CS(=O)(=O)Nc1ccc(C2=NN(S(=O)(=O)c3ccccc3)C(c3ccccc3[N+](=O)[O-])C2)cc1. The number of hydrazone groups is 1. The van der Waals surface area contributed by atoms with Crippen molar-refractivity contribution < 1.29 is 21.8 Å². The molecule has 176 valence electrons. The summed E-state index contributed by atoms with van der Waals surface area (Å²) >= 11 is 0. The van der Waals surface area contributed by atoms with Crippen LogP contribution in [0.25, 0.3) is 0 Å². The van der Waals surface area contributed by atoms with E-state index < -0.39 is 31.0 Å². The lowest BCUT2D eigenvalue weighted by atomic mass is 9.98. The summed E-state index contributed by atoms with van der Waals surface area (Å²) in [6.07, 6.45) is 1.13. The standard InChI is InChI=1S/C22H20N4O6S2/c1-33(29,30)24-17-13-11-16(12-14-17)20-15-22(19-9-5-6-10-21(19)26(27)28)25(23-20)34(31,32)18-7-3-2-4-8-18/h2-14,22,24H,15H2,1H3. The molecule has 3 aromatic rings. The fourth-order valence-corrected chi connectivity index (χ4v) is 5.71. The number of nitrogens with one attached hydrogen (secondary N) is 1. The van der Waals surface area contributed by atoms with Crippen LogP contribution in [-0.4, -0.2) is 38.1 Å². The van der Waals surface area contributed by atoms with E-state index in [-0.39, 0.29) is 22.6 Å². The highest BCUT2D eigenvalue weighted by molar-refractivity contribution is 7.92. The number of nitro benzene ring substituents is 1. The predicted octanol–water partition coefficient (Wildman–Crippen LogP) is 3.51. The Morgan fingerprint density at radius 3 is 2.18 bits per heavy atom. The second-order valence-corrected chi connectivity index (χ2v) is 11.2. The minimum atomic E-state index is -4.12. The Balaban J connectivity index is 1.79. The van der Waals surface area contributed by atoms with Crippen LogP contribution < -0.4 is 4.72 Å². The molecule has 4 rings (SSSR count). The summed E-state index contributed by atoms with van der Waals surface area (Å²) in [6.45, 7) is 0. The molecule has 1 aliphatic rings. The summed E-state index contributed by atoms with van der Waals surface area (Å²) in [7, 11) is -7.58. The maximum Gasteiger partial charge on any atom is 0.279 e. The molecule has 10 nitrogen and oxygen atoms in total. The van der Waals surface area contributed by atoms with E-state index in [1.54, 1.807) is 36.4 Å². The van der Waals surface area contributed by atoms with Gasteiger partial charge in [0, 0.05) is 18.2 Å². The van der Waals surface area contributed by atoms with Gasteiger partial charge in [-0.15, -0.1) is 0 Å². The molecule has 1 aliphatic heterocycles.